The van der Waals surface area contributed by atoms with Crippen molar-refractivity contribution in [1.29, 1.82) is 0 Å². The summed E-state index contributed by atoms with van der Waals surface area (Å²) >= 11 is 0. The molecular weight excluding hydrogens is 216 g/mol. The molecule has 92 valence electrons. The van der Waals surface area contributed by atoms with E-state index in [2.05, 4.69) is 0 Å². The van der Waals surface area contributed by atoms with Gasteiger partial charge in [-0.2, -0.15) is 0 Å². The number of aliphatic hydroxyl groups excluding tert-OH is 1. The largest absolute Gasteiger partial charge is 0.399 e. The zero-order chi connectivity index (χ0) is 12.4. The Bertz CT molecular complexity index is 431. The first-order chi connectivity index (χ1) is 8.13. The smallest absolute Gasteiger partial charge is 0.254 e. The Kier molecular flexibility index (Phi) is 3.33. The van der Waals surface area contributed by atoms with Gasteiger partial charge in [0.05, 0.1) is 12.6 Å². The first-order valence-electron chi connectivity index (χ1n) is 5.91. The van der Waals surface area contributed by atoms with E-state index in [4.69, 9.17) is 5.73 Å². The van der Waals surface area contributed by atoms with Gasteiger partial charge in [-0.25, -0.2) is 0 Å². The number of anilines is 1. The van der Waals surface area contributed by atoms with Gasteiger partial charge in [-0.15, -0.1) is 0 Å². The fourth-order valence-electron chi connectivity index (χ4n) is 2.37. The fraction of sp³-hybridized carbons (Fsp3) is 0.462. The van der Waals surface area contributed by atoms with E-state index >= 15 is 0 Å². The number of nitrogen functional groups attached to an aromatic ring is 1. The molecule has 1 aliphatic rings. The number of likely N-dealkylation sites (tertiary alicyclic amines) is 1. The zero-order valence-electron chi connectivity index (χ0n) is 10.0. The van der Waals surface area contributed by atoms with Crippen LogP contribution in [0.3, 0.4) is 0 Å². The van der Waals surface area contributed by atoms with Crippen molar-refractivity contribution in [2.75, 3.05) is 18.9 Å². The summed E-state index contributed by atoms with van der Waals surface area (Å²) in [5.41, 5.74) is 7.90. The van der Waals surface area contributed by atoms with Gasteiger partial charge in [-0.3, -0.25) is 4.79 Å². The molecule has 0 bridgehead atoms. The number of carbonyl (C=O) groups excluding carboxylic acids is 1. The molecule has 0 aliphatic carbocycles. The predicted octanol–water partition coefficient (Wildman–Crippen LogP) is 1.17. The molecule has 1 atom stereocenters. The highest BCUT2D eigenvalue weighted by Crippen LogP contribution is 2.22. The molecule has 0 unspecified atom stereocenters. The summed E-state index contributed by atoms with van der Waals surface area (Å²) in [5.74, 6) is -0.000880. The third kappa shape index (κ3) is 2.26. The van der Waals surface area contributed by atoms with E-state index in [-0.39, 0.29) is 18.6 Å². The van der Waals surface area contributed by atoms with Crippen LogP contribution in [-0.2, 0) is 0 Å². The fourth-order valence-corrected chi connectivity index (χ4v) is 2.37. The van der Waals surface area contributed by atoms with Crippen LogP contribution in [0.15, 0.2) is 18.2 Å². The second-order valence-electron chi connectivity index (χ2n) is 4.55. The first kappa shape index (κ1) is 11.9. The van der Waals surface area contributed by atoms with Gasteiger partial charge >= 0.3 is 0 Å². The third-order valence-electron chi connectivity index (χ3n) is 3.33. The summed E-state index contributed by atoms with van der Waals surface area (Å²) in [4.78, 5) is 14.1. The van der Waals surface area contributed by atoms with Gasteiger partial charge in [-0.05, 0) is 43.5 Å². The highest BCUT2D eigenvalue weighted by atomic mass is 16.3. The molecule has 0 aromatic heterocycles. The molecule has 4 nitrogen and oxygen atoms in total. The average Bonchev–Trinajstić information content (AvgIpc) is 2.76. The summed E-state index contributed by atoms with van der Waals surface area (Å²) in [6, 6.07) is 5.28. The maximum atomic E-state index is 12.3. The quantitative estimate of drug-likeness (QED) is 0.755. The number of amides is 1. The van der Waals surface area contributed by atoms with E-state index in [1.165, 1.54) is 0 Å². The number of rotatable bonds is 2. The van der Waals surface area contributed by atoms with Crippen LogP contribution in [0.25, 0.3) is 0 Å². The maximum Gasteiger partial charge on any atom is 0.254 e. The normalized spacial score (nSPS) is 19.6. The number of carbonyl (C=O) groups is 1. The van der Waals surface area contributed by atoms with Gasteiger partial charge in [0.2, 0.25) is 0 Å². The van der Waals surface area contributed by atoms with Crippen molar-refractivity contribution in [2.24, 2.45) is 0 Å². The van der Waals surface area contributed by atoms with Gasteiger partial charge in [-0.1, -0.05) is 0 Å². The van der Waals surface area contributed by atoms with E-state index in [0.717, 1.165) is 24.9 Å². The minimum Gasteiger partial charge on any atom is -0.399 e. The summed E-state index contributed by atoms with van der Waals surface area (Å²) < 4.78 is 0. The molecule has 17 heavy (non-hydrogen) atoms. The standard InChI is InChI=1S/C13H18N2O2/c1-9-7-10(14)4-5-12(9)13(17)15-6-2-3-11(15)8-16/h4-5,7,11,16H,2-3,6,8,14H2,1H3/t11-/m0/s1. The van der Waals surface area contributed by atoms with Crippen LogP contribution < -0.4 is 5.73 Å². The molecule has 1 saturated heterocycles. The zero-order valence-corrected chi connectivity index (χ0v) is 10.0. The van der Waals surface area contributed by atoms with Gasteiger partial charge in [0.15, 0.2) is 0 Å². The highest BCUT2D eigenvalue weighted by Gasteiger charge is 2.29. The molecule has 1 amide bonds. The molecule has 1 aliphatic heterocycles. The van der Waals surface area contributed by atoms with Crippen LogP contribution in [0.2, 0.25) is 0 Å². The maximum absolute atomic E-state index is 12.3. The predicted molar refractivity (Wildman–Crippen MR) is 66.7 cm³/mol. The Labute approximate surface area is 101 Å². The van der Waals surface area contributed by atoms with Gasteiger partial charge < -0.3 is 15.7 Å². The molecule has 0 spiro atoms. The van der Waals surface area contributed by atoms with Crippen LogP contribution in [-0.4, -0.2) is 35.1 Å². The highest BCUT2D eigenvalue weighted by molar-refractivity contribution is 5.96. The summed E-state index contributed by atoms with van der Waals surface area (Å²) in [6.07, 6.45) is 1.85. The van der Waals surface area contributed by atoms with Gasteiger partial charge in [0.1, 0.15) is 0 Å². The van der Waals surface area contributed by atoms with Crippen molar-refractivity contribution < 1.29 is 9.90 Å². The van der Waals surface area contributed by atoms with E-state index in [0.29, 0.717) is 11.3 Å². The molecular formula is C13H18N2O2. The number of hydrogen-bond donors (Lipinski definition) is 2. The third-order valence-corrected chi connectivity index (χ3v) is 3.33. The van der Waals surface area contributed by atoms with Crippen LogP contribution in [0.5, 0.6) is 0 Å². The van der Waals surface area contributed by atoms with Crippen molar-refractivity contribution >= 4 is 11.6 Å². The Morgan fingerprint density at radius 3 is 3.00 bits per heavy atom. The minimum atomic E-state index is -0.0283. The van der Waals surface area contributed by atoms with Crippen molar-refractivity contribution in [3.05, 3.63) is 29.3 Å². The molecule has 0 saturated carbocycles. The Morgan fingerprint density at radius 1 is 1.59 bits per heavy atom. The lowest BCUT2D eigenvalue weighted by atomic mass is 10.1. The lowest BCUT2D eigenvalue weighted by Gasteiger charge is -2.23. The SMILES string of the molecule is Cc1cc(N)ccc1C(=O)N1CCC[C@H]1CO. The van der Waals surface area contributed by atoms with Crippen molar-refractivity contribution in [1.82, 2.24) is 4.90 Å². The molecule has 1 fully saturated rings. The lowest BCUT2D eigenvalue weighted by Crippen LogP contribution is -2.37. The minimum absolute atomic E-state index is 0.000880. The van der Waals surface area contributed by atoms with Crippen LogP contribution in [0.1, 0.15) is 28.8 Å². The summed E-state index contributed by atoms with van der Waals surface area (Å²) in [7, 11) is 0. The number of hydrogen-bond acceptors (Lipinski definition) is 3. The molecule has 2 rings (SSSR count). The molecule has 1 aromatic carbocycles. The van der Waals surface area contributed by atoms with Gasteiger partial charge in [0.25, 0.3) is 5.91 Å². The van der Waals surface area contributed by atoms with Crippen molar-refractivity contribution in [3.63, 3.8) is 0 Å². The topological polar surface area (TPSA) is 66.6 Å². The molecule has 1 heterocycles. The van der Waals surface area contributed by atoms with Gasteiger partial charge in [0, 0.05) is 17.8 Å². The number of benzene rings is 1. The Morgan fingerprint density at radius 2 is 2.35 bits per heavy atom. The second-order valence-corrected chi connectivity index (χ2v) is 4.55. The van der Waals surface area contributed by atoms with Crippen LogP contribution in [0, 0.1) is 6.92 Å². The Hall–Kier alpha value is -1.55. The lowest BCUT2D eigenvalue weighted by molar-refractivity contribution is 0.0677. The molecule has 3 N–H and O–H groups in total. The van der Waals surface area contributed by atoms with Crippen molar-refractivity contribution in [2.45, 2.75) is 25.8 Å². The van der Waals surface area contributed by atoms with E-state index < -0.39 is 0 Å². The summed E-state index contributed by atoms with van der Waals surface area (Å²) in [6.45, 7) is 2.65. The second kappa shape index (κ2) is 4.75. The number of aryl methyl sites for hydroxylation is 1. The molecule has 1 aromatic rings. The first-order valence-corrected chi connectivity index (χ1v) is 5.91. The van der Waals surface area contributed by atoms with E-state index in [1.807, 2.05) is 6.92 Å². The number of nitrogens with two attached hydrogens (primary N) is 1. The van der Waals surface area contributed by atoms with Crippen LogP contribution >= 0.6 is 0 Å². The van der Waals surface area contributed by atoms with E-state index in [9.17, 15) is 9.90 Å². The summed E-state index contributed by atoms with van der Waals surface area (Å²) in [5, 5.41) is 9.23. The molecule has 0 radical (unpaired) electrons. The average molecular weight is 234 g/mol. The number of nitrogens with zero attached hydrogens (tertiary/aromatic N) is 1. The Balaban J connectivity index is 2.24. The van der Waals surface area contributed by atoms with Crippen LogP contribution in [0.4, 0.5) is 5.69 Å². The van der Waals surface area contributed by atoms with E-state index in [1.54, 1.807) is 23.1 Å². The number of aliphatic hydroxyl groups is 1. The monoisotopic (exact) mass is 234 g/mol. The molecule has 4 heteroatoms. The van der Waals surface area contributed by atoms with Crippen molar-refractivity contribution in [3.8, 4) is 0 Å².